The van der Waals surface area contributed by atoms with Crippen molar-refractivity contribution >= 4 is 17.4 Å². The Morgan fingerprint density at radius 3 is 2.65 bits per heavy atom. The molecule has 1 N–H and O–H groups in total. The van der Waals surface area contributed by atoms with Crippen molar-refractivity contribution in [2.24, 2.45) is 17.8 Å². The van der Waals surface area contributed by atoms with Crippen molar-refractivity contribution in [1.29, 1.82) is 0 Å². The summed E-state index contributed by atoms with van der Waals surface area (Å²) in [6.45, 7) is 0. The lowest BCUT2D eigenvalue weighted by molar-refractivity contribution is -0.122. The Balaban J connectivity index is 1.65. The first-order valence-corrected chi connectivity index (χ1v) is 8.94. The smallest absolute Gasteiger partial charge is 0.236 e. The van der Waals surface area contributed by atoms with Gasteiger partial charge in [0, 0.05) is 17.2 Å². The van der Waals surface area contributed by atoms with Crippen LogP contribution in [0, 0.1) is 17.8 Å². The summed E-state index contributed by atoms with van der Waals surface area (Å²) in [5.41, 5.74) is 1.65. The highest BCUT2D eigenvalue weighted by Gasteiger charge is 2.66. The van der Waals surface area contributed by atoms with E-state index in [4.69, 9.17) is 4.74 Å². The normalized spacial score (nSPS) is 30.5. The number of rotatable bonds is 3. The molecule has 1 aliphatic heterocycles. The Hall–Kier alpha value is -2.88. The van der Waals surface area contributed by atoms with E-state index in [2.05, 4.69) is 17.5 Å². The minimum absolute atomic E-state index is 0.0383. The molecule has 4 heteroatoms. The number of amides is 1. The molecule has 2 aromatic carbocycles. The SMILES string of the molecule is COc1ccc(C(=O)[C@@H]2[C@H]3C=C[C@@H](C3)[C@@]23C(=O)Nc2ccccc23)cc1. The lowest BCUT2D eigenvalue weighted by Crippen LogP contribution is -2.48. The van der Waals surface area contributed by atoms with Gasteiger partial charge in [-0.25, -0.2) is 0 Å². The molecule has 2 aromatic rings. The third kappa shape index (κ3) is 1.79. The van der Waals surface area contributed by atoms with Crippen LogP contribution in [-0.4, -0.2) is 18.8 Å². The predicted molar refractivity (Wildman–Crippen MR) is 98.3 cm³/mol. The molecular weight excluding hydrogens is 326 g/mol. The summed E-state index contributed by atoms with van der Waals surface area (Å²) in [5.74, 6) is 0.524. The second-order valence-corrected chi connectivity index (χ2v) is 7.33. The molecule has 4 atom stereocenters. The quantitative estimate of drug-likeness (QED) is 0.683. The van der Waals surface area contributed by atoms with Crippen LogP contribution in [0.4, 0.5) is 5.69 Å². The number of anilines is 1. The van der Waals surface area contributed by atoms with Gasteiger partial charge in [-0.05, 0) is 54.2 Å². The van der Waals surface area contributed by atoms with E-state index >= 15 is 0 Å². The topological polar surface area (TPSA) is 55.4 Å². The Morgan fingerprint density at radius 1 is 1.12 bits per heavy atom. The molecule has 0 aromatic heterocycles. The second kappa shape index (κ2) is 5.31. The maximum Gasteiger partial charge on any atom is 0.236 e. The maximum absolute atomic E-state index is 13.5. The van der Waals surface area contributed by atoms with Gasteiger partial charge in [-0.15, -0.1) is 0 Å². The van der Waals surface area contributed by atoms with E-state index in [9.17, 15) is 9.59 Å². The van der Waals surface area contributed by atoms with Gasteiger partial charge in [0.15, 0.2) is 5.78 Å². The maximum atomic E-state index is 13.5. The molecule has 1 fully saturated rings. The first-order chi connectivity index (χ1) is 12.7. The molecule has 4 nitrogen and oxygen atoms in total. The number of nitrogens with one attached hydrogen (secondary N) is 1. The molecule has 26 heavy (non-hydrogen) atoms. The number of Topliss-reactive ketones (excluding diaryl/α,β-unsaturated/α-hetero) is 1. The highest BCUT2D eigenvalue weighted by atomic mass is 16.5. The molecule has 130 valence electrons. The average Bonchev–Trinajstić information content (AvgIpc) is 3.35. The number of hydrogen-bond donors (Lipinski definition) is 1. The zero-order valence-corrected chi connectivity index (χ0v) is 14.4. The van der Waals surface area contributed by atoms with Crippen molar-refractivity contribution in [2.75, 3.05) is 12.4 Å². The average molecular weight is 345 g/mol. The zero-order valence-electron chi connectivity index (χ0n) is 14.4. The van der Waals surface area contributed by atoms with Gasteiger partial charge in [0.05, 0.1) is 12.5 Å². The van der Waals surface area contributed by atoms with E-state index in [1.54, 1.807) is 31.4 Å². The van der Waals surface area contributed by atoms with Crippen LogP contribution < -0.4 is 10.1 Å². The number of hydrogen-bond acceptors (Lipinski definition) is 3. The summed E-state index contributed by atoms with van der Waals surface area (Å²) >= 11 is 0. The minimum atomic E-state index is -0.785. The highest BCUT2D eigenvalue weighted by molar-refractivity contribution is 6.13. The van der Waals surface area contributed by atoms with Gasteiger partial charge >= 0.3 is 0 Å². The number of allylic oxidation sites excluding steroid dienone is 2. The van der Waals surface area contributed by atoms with Crippen LogP contribution >= 0.6 is 0 Å². The van der Waals surface area contributed by atoms with E-state index in [-0.39, 0.29) is 29.4 Å². The van der Waals surface area contributed by atoms with Crippen LogP contribution in [0.2, 0.25) is 0 Å². The number of carbonyl (C=O) groups is 2. The van der Waals surface area contributed by atoms with Gasteiger partial charge in [0.1, 0.15) is 5.75 Å². The van der Waals surface area contributed by atoms with Crippen molar-refractivity contribution in [3.05, 3.63) is 71.8 Å². The standard InChI is InChI=1S/C22H19NO3/c1-26-16-10-7-13(8-11-16)20(24)19-14-6-9-15(12-14)22(19)17-4-2-3-5-18(17)23-21(22)25/h2-11,14-15,19H,12H2,1H3,(H,23,25)/t14-,15-,19-,22-/m0/s1. The molecule has 3 aliphatic rings. The van der Waals surface area contributed by atoms with Crippen LogP contribution in [0.5, 0.6) is 5.75 Å². The molecule has 0 unspecified atom stereocenters. The molecule has 1 heterocycles. The van der Waals surface area contributed by atoms with Crippen LogP contribution in [0.25, 0.3) is 0 Å². The molecule has 2 aliphatic carbocycles. The fourth-order valence-corrected chi connectivity index (χ4v) is 5.19. The predicted octanol–water partition coefficient (Wildman–Crippen LogP) is 3.59. The van der Waals surface area contributed by atoms with E-state index in [0.29, 0.717) is 11.3 Å². The first kappa shape index (κ1) is 15.4. The molecule has 0 radical (unpaired) electrons. The number of para-hydroxylation sites is 1. The molecule has 1 amide bonds. The number of carbonyl (C=O) groups excluding carboxylic acids is 2. The lowest BCUT2D eigenvalue weighted by atomic mass is 9.63. The highest BCUT2D eigenvalue weighted by Crippen LogP contribution is 2.61. The molecule has 5 rings (SSSR count). The van der Waals surface area contributed by atoms with Crippen LogP contribution in [0.3, 0.4) is 0 Å². The molecular formula is C22H19NO3. The molecule has 1 spiro atoms. The van der Waals surface area contributed by atoms with Crippen molar-refractivity contribution in [2.45, 2.75) is 11.8 Å². The van der Waals surface area contributed by atoms with Crippen LogP contribution in [0.1, 0.15) is 22.3 Å². The molecule has 2 bridgehead atoms. The summed E-state index contributed by atoms with van der Waals surface area (Å²) in [6.07, 6.45) is 5.11. The van der Waals surface area contributed by atoms with E-state index in [1.165, 1.54) is 0 Å². The second-order valence-electron chi connectivity index (χ2n) is 7.33. The van der Waals surface area contributed by atoms with E-state index < -0.39 is 5.41 Å². The molecule has 0 saturated heterocycles. The fraction of sp³-hybridized carbons (Fsp3) is 0.273. The monoisotopic (exact) mass is 345 g/mol. The minimum Gasteiger partial charge on any atom is -0.497 e. The number of methoxy groups -OCH3 is 1. The Morgan fingerprint density at radius 2 is 1.88 bits per heavy atom. The zero-order chi connectivity index (χ0) is 17.9. The van der Waals surface area contributed by atoms with E-state index in [1.807, 2.05) is 24.3 Å². The van der Waals surface area contributed by atoms with Gasteiger partial charge in [-0.2, -0.15) is 0 Å². The van der Waals surface area contributed by atoms with Gasteiger partial charge < -0.3 is 10.1 Å². The third-order valence-electron chi connectivity index (χ3n) is 6.27. The largest absolute Gasteiger partial charge is 0.497 e. The number of fused-ring (bicyclic) bond motifs is 5. The molecule has 1 saturated carbocycles. The van der Waals surface area contributed by atoms with Gasteiger partial charge in [0.2, 0.25) is 5.91 Å². The van der Waals surface area contributed by atoms with Gasteiger partial charge in [-0.1, -0.05) is 30.4 Å². The lowest BCUT2D eigenvalue weighted by Gasteiger charge is -2.36. The van der Waals surface area contributed by atoms with Gasteiger partial charge in [-0.3, -0.25) is 9.59 Å². The number of benzene rings is 2. The fourth-order valence-electron chi connectivity index (χ4n) is 5.19. The van der Waals surface area contributed by atoms with Crippen molar-refractivity contribution in [1.82, 2.24) is 0 Å². The summed E-state index contributed by atoms with van der Waals surface area (Å²) in [6, 6.07) is 15.0. The van der Waals surface area contributed by atoms with Crippen molar-refractivity contribution < 1.29 is 14.3 Å². The Labute approximate surface area is 151 Å². The van der Waals surface area contributed by atoms with Crippen LogP contribution in [0.15, 0.2) is 60.7 Å². The summed E-state index contributed by atoms with van der Waals surface area (Å²) in [4.78, 5) is 26.7. The summed E-state index contributed by atoms with van der Waals surface area (Å²) in [7, 11) is 1.60. The summed E-state index contributed by atoms with van der Waals surface area (Å²) < 4.78 is 5.19. The third-order valence-corrected chi connectivity index (χ3v) is 6.27. The first-order valence-electron chi connectivity index (χ1n) is 8.94. The van der Waals surface area contributed by atoms with Crippen LogP contribution in [-0.2, 0) is 10.2 Å². The van der Waals surface area contributed by atoms with Crippen molar-refractivity contribution in [3.8, 4) is 5.75 Å². The summed E-state index contributed by atoms with van der Waals surface area (Å²) in [5, 5.41) is 3.02. The Kier molecular flexibility index (Phi) is 3.14. The van der Waals surface area contributed by atoms with Gasteiger partial charge in [0.25, 0.3) is 0 Å². The number of ether oxygens (including phenoxy) is 1. The van der Waals surface area contributed by atoms with E-state index in [0.717, 1.165) is 17.7 Å². The Bertz CT molecular complexity index is 946. The van der Waals surface area contributed by atoms with Crippen molar-refractivity contribution in [3.63, 3.8) is 0 Å². The number of ketones is 1.